The third kappa shape index (κ3) is 0.511. The van der Waals surface area contributed by atoms with Crippen LogP contribution in [0.3, 0.4) is 0 Å². The minimum absolute atomic E-state index is 0.103. The highest BCUT2D eigenvalue weighted by Gasteiger charge is 2.42. The normalized spacial score (nSPS) is 50.9. The Kier molecular flexibility index (Phi) is 0.770. The van der Waals surface area contributed by atoms with Gasteiger partial charge in [0.1, 0.15) is 0 Å². The van der Waals surface area contributed by atoms with Crippen LogP contribution in [0.2, 0.25) is 0 Å². The van der Waals surface area contributed by atoms with Crippen molar-refractivity contribution in [2.45, 2.75) is 18.9 Å². The summed E-state index contributed by atoms with van der Waals surface area (Å²) < 4.78 is 0. The Bertz CT molecular complexity index is 128. The SMILES string of the molecule is OC1C=CCC2CC12. The molecule has 1 N–H and O–H groups in total. The lowest BCUT2D eigenvalue weighted by atomic mass is 10.1. The second-order valence-corrected chi connectivity index (χ2v) is 2.81. The van der Waals surface area contributed by atoms with Crippen LogP contribution in [0.15, 0.2) is 12.2 Å². The molecule has 1 nitrogen and oxygen atoms in total. The molecule has 0 radical (unpaired) electrons. The van der Waals surface area contributed by atoms with E-state index in [1.165, 1.54) is 12.8 Å². The quantitative estimate of drug-likeness (QED) is 0.460. The summed E-state index contributed by atoms with van der Waals surface area (Å²) in [6.45, 7) is 0. The highest BCUT2D eigenvalue weighted by molar-refractivity contribution is 5.08. The second-order valence-electron chi connectivity index (χ2n) is 2.81. The monoisotopic (exact) mass is 110 g/mol. The molecular weight excluding hydrogens is 100 g/mol. The zero-order chi connectivity index (χ0) is 5.56. The van der Waals surface area contributed by atoms with Crippen LogP contribution in [0.4, 0.5) is 0 Å². The van der Waals surface area contributed by atoms with Crippen LogP contribution in [-0.4, -0.2) is 11.2 Å². The van der Waals surface area contributed by atoms with Crippen LogP contribution in [-0.2, 0) is 0 Å². The number of allylic oxidation sites excluding steroid dienone is 1. The molecule has 3 atom stereocenters. The Morgan fingerprint density at radius 1 is 1.50 bits per heavy atom. The summed E-state index contributed by atoms with van der Waals surface area (Å²) >= 11 is 0. The van der Waals surface area contributed by atoms with Gasteiger partial charge in [-0.25, -0.2) is 0 Å². The maximum absolute atomic E-state index is 9.13. The van der Waals surface area contributed by atoms with Crippen molar-refractivity contribution >= 4 is 0 Å². The molecule has 0 aromatic rings. The number of fused-ring (bicyclic) bond motifs is 1. The first-order chi connectivity index (χ1) is 3.88. The van der Waals surface area contributed by atoms with Crippen molar-refractivity contribution in [2.75, 3.05) is 0 Å². The predicted molar refractivity (Wildman–Crippen MR) is 31.4 cm³/mol. The molecule has 8 heavy (non-hydrogen) atoms. The maximum Gasteiger partial charge on any atom is 0.0751 e. The molecule has 0 amide bonds. The number of aliphatic hydroxyl groups excluding tert-OH is 1. The highest BCUT2D eigenvalue weighted by Crippen LogP contribution is 2.46. The summed E-state index contributed by atoms with van der Waals surface area (Å²) in [4.78, 5) is 0. The van der Waals surface area contributed by atoms with Crippen LogP contribution >= 0.6 is 0 Å². The molecule has 0 aliphatic heterocycles. The van der Waals surface area contributed by atoms with E-state index in [0.717, 1.165) is 5.92 Å². The van der Waals surface area contributed by atoms with E-state index in [1.54, 1.807) is 0 Å². The fourth-order valence-corrected chi connectivity index (χ4v) is 1.50. The smallest absolute Gasteiger partial charge is 0.0751 e. The van der Waals surface area contributed by atoms with Crippen LogP contribution in [0.25, 0.3) is 0 Å². The van der Waals surface area contributed by atoms with Crippen molar-refractivity contribution in [3.63, 3.8) is 0 Å². The fourth-order valence-electron chi connectivity index (χ4n) is 1.50. The third-order valence-electron chi connectivity index (χ3n) is 2.19. The van der Waals surface area contributed by atoms with Crippen LogP contribution in [0.5, 0.6) is 0 Å². The van der Waals surface area contributed by atoms with E-state index in [4.69, 9.17) is 5.11 Å². The van der Waals surface area contributed by atoms with Crippen molar-refractivity contribution in [2.24, 2.45) is 11.8 Å². The van der Waals surface area contributed by atoms with Crippen LogP contribution < -0.4 is 0 Å². The molecule has 1 fully saturated rings. The van der Waals surface area contributed by atoms with Gasteiger partial charge in [-0.05, 0) is 24.7 Å². The number of aliphatic hydroxyl groups is 1. The van der Waals surface area contributed by atoms with E-state index in [-0.39, 0.29) is 6.10 Å². The largest absolute Gasteiger partial charge is 0.389 e. The van der Waals surface area contributed by atoms with Gasteiger partial charge in [-0.3, -0.25) is 0 Å². The molecule has 1 heteroatoms. The Morgan fingerprint density at radius 3 is 3.00 bits per heavy atom. The summed E-state index contributed by atoms with van der Waals surface area (Å²) in [7, 11) is 0. The molecule has 3 unspecified atom stereocenters. The van der Waals surface area contributed by atoms with Crippen molar-refractivity contribution < 1.29 is 5.11 Å². The Morgan fingerprint density at radius 2 is 2.38 bits per heavy atom. The summed E-state index contributed by atoms with van der Waals surface area (Å²) in [5.41, 5.74) is 0. The average molecular weight is 110 g/mol. The van der Waals surface area contributed by atoms with Crippen molar-refractivity contribution in [3.05, 3.63) is 12.2 Å². The van der Waals surface area contributed by atoms with Crippen LogP contribution in [0, 0.1) is 11.8 Å². The first kappa shape index (κ1) is 4.57. The maximum atomic E-state index is 9.13. The number of hydrogen-bond donors (Lipinski definition) is 1. The highest BCUT2D eigenvalue weighted by atomic mass is 16.3. The first-order valence-electron chi connectivity index (χ1n) is 3.22. The van der Waals surface area contributed by atoms with Gasteiger partial charge in [0.2, 0.25) is 0 Å². The van der Waals surface area contributed by atoms with Gasteiger partial charge in [-0.2, -0.15) is 0 Å². The third-order valence-corrected chi connectivity index (χ3v) is 2.19. The van der Waals surface area contributed by atoms with Crippen LogP contribution in [0.1, 0.15) is 12.8 Å². The van der Waals surface area contributed by atoms with Crippen molar-refractivity contribution in [1.29, 1.82) is 0 Å². The van der Waals surface area contributed by atoms with Gasteiger partial charge in [0.15, 0.2) is 0 Å². The molecule has 0 bridgehead atoms. The van der Waals surface area contributed by atoms with E-state index in [1.807, 2.05) is 6.08 Å². The Labute approximate surface area is 49.0 Å². The van der Waals surface area contributed by atoms with Crippen molar-refractivity contribution in [1.82, 2.24) is 0 Å². The van der Waals surface area contributed by atoms with Gasteiger partial charge in [-0.15, -0.1) is 0 Å². The topological polar surface area (TPSA) is 20.2 Å². The average Bonchev–Trinajstić information content (AvgIpc) is 2.45. The Hall–Kier alpha value is -0.300. The van der Waals surface area contributed by atoms with Gasteiger partial charge in [-0.1, -0.05) is 12.2 Å². The molecule has 1 saturated carbocycles. The summed E-state index contributed by atoms with van der Waals surface area (Å²) in [5.74, 6) is 1.48. The molecule has 0 aromatic heterocycles. The number of rotatable bonds is 0. The molecule has 0 heterocycles. The minimum Gasteiger partial charge on any atom is -0.389 e. The molecule has 0 aromatic carbocycles. The van der Waals surface area contributed by atoms with Gasteiger partial charge in [0.25, 0.3) is 0 Å². The Balaban J connectivity index is 2.13. The second kappa shape index (κ2) is 1.35. The van der Waals surface area contributed by atoms with E-state index in [9.17, 15) is 0 Å². The molecule has 0 spiro atoms. The molecule has 2 aliphatic rings. The summed E-state index contributed by atoms with van der Waals surface area (Å²) in [5, 5.41) is 9.13. The van der Waals surface area contributed by atoms with Gasteiger partial charge in [0, 0.05) is 0 Å². The fraction of sp³-hybridized carbons (Fsp3) is 0.714. The zero-order valence-electron chi connectivity index (χ0n) is 4.75. The lowest BCUT2D eigenvalue weighted by molar-refractivity contribution is 0.188. The predicted octanol–water partition coefficient (Wildman–Crippen LogP) is 0.943. The van der Waals surface area contributed by atoms with E-state index >= 15 is 0 Å². The minimum atomic E-state index is -0.103. The molecule has 0 saturated heterocycles. The molecule has 44 valence electrons. The standard InChI is InChI=1S/C7H10O/c8-7-3-1-2-5-4-6(5)7/h1,3,5-8H,2,4H2. The molecule has 2 aliphatic carbocycles. The number of hydrogen-bond acceptors (Lipinski definition) is 1. The van der Waals surface area contributed by atoms with E-state index in [0.29, 0.717) is 5.92 Å². The summed E-state index contributed by atoms with van der Waals surface area (Å²) in [6.07, 6.45) is 6.39. The lowest BCUT2D eigenvalue weighted by Crippen LogP contribution is -2.09. The van der Waals surface area contributed by atoms with E-state index in [2.05, 4.69) is 6.08 Å². The van der Waals surface area contributed by atoms with Crippen molar-refractivity contribution in [3.8, 4) is 0 Å². The van der Waals surface area contributed by atoms with E-state index < -0.39 is 0 Å². The molecule has 2 rings (SSSR count). The summed E-state index contributed by atoms with van der Waals surface area (Å²) in [6, 6.07) is 0. The van der Waals surface area contributed by atoms with Gasteiger partial charge >= 0.3 is 0 Å². The van der Waals surface area contributed by atoms with Gasteiger partial charge < -0.3 is 5.11 Å². The molecular formula is C7H10O. The zero-order valence-corrected chi connectivity index (χ0v) is 4.75. The van der Waals surface area contributed by atoms with Gasteiger partial charge in [0.05, 0.1) is 6.10 Å². The first-order valence-corrected chi connectivity index (χ1v) is 3.22. The lowest BCUT2D eigenvalue weighted by Gasteiger charge is -2.07.